The highest BCUT2D eigenvalue weighted by Gasteiger charge is 2.10. The summed E-state index contributed by atoms with van der Waals surface area (Å²) >= 11 is 0. The van der Waals surface area contributed by atoms with Crippen molar-refractivity contribution in [2.75, 3.05) is 105 Å². The Morgan fingerprint density at radius 1 is 0.562 bits per heavy atom. The van der Waals surface area contributed by atoms with Gasteiger partial charge in [0, 0.05) is 105 Å². The Hall–Kier alpha value is -1.10. The van der Waals surface area contributed by atoms with Gasteiger partial charge in [-0.25, -0.2) is 0 Å². The van der Waals surface area contributed by atoms with E-state index in [0.717, 1.165) is 118 Å². The molecule has 1 aromatic rings. The first kappa shape index (κ1) is 25.5. The number of nitrogens with one attached hydrogen (secondary N) is 5. The van der Waals surface area contributed by atoms with Crippen LogP contribution >= 0.6 is 0 Å². The Morgan fingerprint density at radius 2 is 0.969 bits per heavy atom. The molecule has 2 fully saturated rings. The summed E-state index contributed by atoms with van der Waals surface area (Å²) in [5.41, 5.74) is 2.83. The molecule has 0 aliphatic carbocycles. The van der Waals surface area contributed by atoms with Crippen molar-refractivity contribution >= 4 is 0 Å². The molecule has 2 aliphatic rings. The summed E-state index contributed by atoms with van der Waals surface area (Å²) in [4.78, 5) is 5.13. The molecule has 0 amide bonds. The third-order valence-electron chi connectivity index (χ3n) is 6.03. The molecular formula is C24H45N7O. The van der Waals surface area contributed by atoms with Gasteiger partial charge in [-0.15, -0.1) is 0 Å². The van der Waals surface area contributed by atoms with Crippen molar-refractivity contribution in [2.45, 2.75) is 13.1 Å². The second kappa shape index (κ2) is 16.5. The zero-order valence-electron chi connectivity index (χ0n) is 19.8. The molecule has 0 radical (unpaired) electrons. The van der Waals surface area contributed by atoms with Gasteiger partial charge < -0.3 is 31.3 Å². The lowest BCUT2D eigenvalue weighted by Crippen LogP contribution is -2.41. The van der Waals surface area contributed by atoms with Crippen LogP contribution in [0, 0.1) is 0 Å². The minimum atomic E-state index is 0.794. The summed E-state index contributed by atoms with van der Waals surface area (Å²) in [6, 6.07) is 9.20. The molecule has 2 heterocycles. The molecule has 8 nitrogen and oxygen atoms in total. The molecule has 0 unspecified atom stereocenters. The third-order valence-corrected chi connectivity index (χ3v) is 6.03. The number of nitrogens with zero attached hydrogens (tertiary/aromatic N) is 2. The van der Waals surface area contributed by atoms with Gasteiger partial charge in [-0.2, -0.15) is 0 Å². The summed E-state index contributed by atoms with van der Waals surface area (Å²) < 4.78 is 5.59. The van der Waals surface area contributed by atoms with Gasteiger partial charge in [0.05, 0.1) is 13.2 Å². The van der Waals surface area contributed by atoms with E-state index < -0.39 is 0 Å². The normalized spacial score (nSPS) is 22.8. The van der Waals surface area contributed by atoms with Crippen molar-refractivity contribution in [3.8, 4) is 0 Å². The minimum Gasteiger partial charge on any atom is -0.379 e. The molecule has 2 aliphatic heterocycles. The first-order valence-electron chi connectivity index (χ1n) is 12.5. The fourth-order valence-corrected chi connectivity index (χ4v) is 4.20. The van der Waals surface area contributed by atoms with Crippen molar-refractivity contribution in [2.24, 2.45) is 0 Å². The van der Waals surface area contributed by atoms with Crippen LogP contribution in [0.4, 0.5) is 0 Å². The number of rotatable bonds is 4. The summed E-state index contributed by atoms with van der Waals surface area (Å²) in [6.07, 6.45) is 0. The quantitative estimate of drug-likeness (QED) is 0.414. The highest BCUT2D eigenvalue weighted by molar-refractivity contribution is 5.23. The molecule has 1 aromatic carbocycles. The molecule has 3 rings (SSSR count). The number of hydrogen-bond donors (Lipinski definition) is 5. The zero-order valence-corrected chi connectivity index (χ0v) is 19.8. The van der Waals surface area contributed by atoms with Crippen molar-refractivity contribution in [3.63, 3.8) is 0 Å². The Labute approximate surface area is 194 Å². The molecule has 182 valence electrons. The van der Waals surface area contributed by atoms with Crippen molar-refractivity contribution in [1.29, 1.82) is 0 Å². The predicted octanol–water partition coefficient (Wildman–Crippen LogP) is -0.718. The van der Waals surface area contributed by atoms with E-state index in [1.165, 1.54) is 11.1 Å². The third kappa shape index (κ3) is 11.2. The lowest BCUT2D eigenvalue weighted by atomic mass is 10.1. The van der Waals surface area contributed by atoms with E-state index in [2.05, 4.69) is 60.6 Å². The molecular weight excluding hydrogens is 402 g/mol. The summed E-state index contributed by atoms with van der Waals surface area (Å²) in [7, 11) is 0. The maximum absolute atomic E-state index is 5.59. The maximum atomic E-state index is 5.59. The van der Waals surface area contributed by atoms with Gasteiger partial charge in [0.2, 0.25) is 0 Å². The van der Waals surface area contributed by atoms with Crippen LogP contribution < -0.4 is 26.6 Å². The molecule has 5 N–H and O–H groups in total. The first-order valence-corrected chi connectivity index (χ1v) is 12.5. The minimum absolute atomic E-state index is 0.794. The molecule has 2 saturated heterocycles. The van der Waals surface area contributed by atoms with E-state index in [1.54, 1.807) is 0 Å². The fourth-order valence-electron chi connectivity index (χ4n) is 4.20. The van der Waals surface area contributed by atoms with Gasteiger partial charge in [0.15, 0.2) is 0 Å². The van der Waals surface area contributed by atoms with Crippen LogP contribution in [-0.4, -0.2) is 115 Å². The van der Waals surface area contributed by atoms with Gasteiger partial charge in [-0.05, 0) is 11.1 Å². The zero-order chi connectivity index (χ0) is 22.1. The highest BCUT2D eigenvalue weighted by Crippen LogP contribution is 2.11. The Morgan fingerprint density at radius 3 is 1.44 bits per heavy atom. The topological polar surface area (TPSA) is 75.9 Å². The molecule has 0 bridgehead atoms. The van der Waals surface area contributed by atoms with E-state index >= 15 is 0 Å². The van der Waals surface area contributed by atoms with Crippen molar-refractivity contribution in [1.82, 2.24) is 36.4 Å². The Kier molecular flexibility index (Phi) is 13.2. The van der Waals surface area contributed by atoms with E-state index in [9.17, 15) is 0 Å². The van der Waals surface area contributed by atoms with Gasteiger partial charge in [-0.3, -0.25) is 9.80 Å². The van der Waals surface area contributed by atoms with Crippen LogP contribution in [0.15, 0.2) is 24.3 Å². The number of ether oxygens (including phenoxy) is 1. The van der Waals surface area contributed by atoms with Gasteiger partial charge in [-0.1, -0.05) is 24.3 Å². The summed E-state index contributed by atoms with van der Waals surface area (Å²) in [6.45, 7) is 18.0. The second-order valence-corrected chi connectivity index (χ2v) is 8.73. The SMILES string of the molecule is c1cc(CN2CCNCCNCCNCC2)cc(CN2CCNCCOCCNCC2)c1. The van der Waals surface area contributed by atoms with E-state index in [4.69, 9.17) is 4.74 Å². The largest absolute Gasteiger partial charge is 0.379 e. The van der Waals surface area contributed by atoms with Crippen molar-refractivity contribution < 1.29 is 4.74 Å². The number of benzene rings is 1. The Balaban J connectivity index is 1.51. The van der Waals surface area contributed by atoms with E-state index in [0.29, 0.717) is 0 Å². The summed E-state index contributed by atoms with van der Waals surface area (Å²) in [5, 5.41) is 17.6. The van der Waals surface area contributed by atoms with Crippen LogP contribution in [0.3, 0.4) is 0 Å². The maximum Gasteiger partial charge on any atom is 0.0591 e. The molecule has 0 aromatic heterocycles. The Bertz CT molecular complexity index is 532. The van der Waals surface area contributed by atoms with Gasteiger partial charge >= 0.3 is 0 Å². The molecule has 32 heavy (non-hydrogen) atoms. The van der Waals surface area contributed by atoms with Crippen molar-refractivity contribution in [3.05, 3.63) is 35.4 Å². The highest BCUT2D eigenvalue weighted by atomic mass is 16.5. The predicted molar refractivity (Wildman–Crippen MR) is 132 cm³/mol. The van der Waals surface area contributed by atoms with E-state index in [-0.39, 0.29) is 0 Å². The second-order valence-electron chi connectivity index (χ2n) is 8.73. The van der Waals surface area contributed by atoms with Crippen LogP contribution in [0.1, 0.15) is 11.1 Å². The van der Waals surface area contributed by atoms with Crippen LogP contribution in [0.2, 0.25) is 0 Å². The lowest BCUT2D eigenvalue weighted by molar-refractivity contribution is 0.133. The summed E-state index contributed by atoms with van der Waals surface area (Å²) in [5.74, 6) is 0. The fraction of sp³-hybridized carbons (Fsp3) is 0.750. The van der Waals surface area contributed by atoms with E-state index in [1.807, 2.05) is 0 Å². The monoisotopic (exact) mass is 447 g/mol. The van der Waals surface area contributed by atoms with Crippen LogP contribution in [-0.2, 0) is 17.8 Å². The molecule has 0 atom stereocenters. The first-order chi connectivity index (χ1) is 15.9. The van der Waals surface area contributed by atoms with Crippen LogP contribution in [0.25, 0.3) is 0 Å². The standard InChI is InChI=1S/C24H45N7O/c1-2-23(21-30-14-8-26-6-4-25-5-7-27-9-15-30)20-24(3-1)22-31-16-10-28-12-18-32-19-13-29-11-17-31/h1-3,20,25-29H,4-19,21-22H2. The smallest absolute Gasteiger partial charge is 0.0591 e. The molecule has 0 saturated carbocycles. The molecule has 8 heteroatoms. The average Bonchev–Trinajstić information content (AvgIpc) is 2.78. The number of hydrogen-bond acceptors (Lipinski definition) is 8. The van der Waals surface area contributed by atoms with Gasteiger partial charge in [0.1, 0.15) is 0 Å². The van der Waals surface area contributed by atoms with Crippen LogP contribution in [0.5, 0.6) is 0 Å². The lowest BCUT2D eigenvalue weighted by Gasteiger charge is -2.25. The average molecular weight is 448 g/mol. The van der Waals surface area contributed by atoms with Gasteiger partial charge in [0.25, 0.3) is 0 Å². The molecule has 0 spiro atoms.